The lowest BCUT2D eigenvalue weighted by molar-refractivity contribution is -0.121. The van der Waals surface area contributed by atoms with E-state index in [0.717, 1.165) is 17.7 Å². The summed E-state index contributed by atoms with van der Waals surface area (Å²) in [6.45, 7) is 2.73. The summed E-state index contributed by atoms with van der Waals surface area (Å²) in [7, 11) is 0. The van der Waals surface area contributed by atoms with Gasteiger partial charge in [0.25, 0.3) is 5.91 Å². The Balaban J connectivity index is 1.89. The van der Waals surface area contributed by atoms with E-state index in [4.69, 9.17) is 10.5 Å². The van der Waals surface area contributed by atoms with E-state index in [1.807, 2.05) is 6.07 Å². The topological polar surface area (TPSA) is 55.6 Å². The van der Waals surface area contributed by atoms with Gasteiger partial charge in [0.05, 0.1) is 12.2 Å². The van der Waals surface area contributed by atoms with Crippen LogP contribution in [0.15, 0.2) is 42.5 Å². The lowest BCUT2D eigenvalue weighted by atomic mass is 10.1. The van der Waals surface area contributed by atoms with Crippen LogP contribution in [0.25, 0.3) is 0 Å². The number of hydrogen-bond acceptors (Lipinski definition) is 3. The number of carbonyl (C=O) groups is 1. The van der Waals surface area contributed by atoms with Gasteiger partial charge in [0.1, 0.15) is 5.75 Å². The molecule has 108 valence electrons. The first-order valence-corrected chi connectivity index (χ1v) is 7.08. The summed E-state index contributed by atoms with van der Waals surface area (Å²) < 4.78 is 5.45. The fraction of sp³-hybridized carbons (Fsp3) is 0.235. The van der Waals surface area contributed by atoms with E-state index in [-0.39, 0.29) is 12.5 Å². The Morgan fingerprint density at radius 1 is 1.14 bits per heavy atom. The van der Waals surface area contributed by atoms with Gasteiger partial charge in [-0.3, -0.25) is 4.79 Å². The lowest BCUT2D eigenvalue weighted by Gasteiger charge is -2.29. The number of rotatable bonds is 3. The van der Waals surface area contributed by atoms with Crippen LogP contribution in [0, 0.1) is 0 Å². The number of hydrogen-bond donors (Lipinski definition) is 1. The first-order valence-electron chi connectivity index (χ1n) is 7.08. The minimum atomic E-state index is -0.0353. The average Bonchev–Trinajstić information content (AvgIpc) is 2.51. The number of nitrogen functional groups attached to an aromatic ring is 1. The Hall–Kier alpha value is -2.49. The molecule has 2 N–H and O–H groups in total. The Morgan fingerprint density at radius 2 is 1.86 bits per heavy atom. The molecule has 0 atom stereocenters. The maximum absolute atomic E-state index is 12.1. The largest absolute Gasteiger partial charge is 0.481 e. The van der Waals surface area contributed by atoms with Crippen molar-refractivity contribution >= 4 is 17.3 Å². The van der Waals surface area contributed by atoms with Crippen LogP contribution in [0.4, 0.5) is 11.4 Å². The molecule has 0 aliphatic carbocycles. The highest BCUT2D eigenvalue weighted by Gasteiger charge is 2.25. The van der Waals surface area contributed by atoms with Crippen molar-refractivity contribution in [2.75, 3.05) is 17.2 Å². The van der Waals surface area contributed by atoms with Crippen molar-refractivity contribution in [3.05, 3.63) is 53.6 Å². The molecular formula is C17H18N2O2. The molecule has 4 heteroatoms. The molecule has 0 aromatic heterocycles. The maximum Gasteiger partial charge on any atom is 0.265 e. The summed E-state index contributed by atoms with van der Waals surface area (Å²) in [5, 5.41) is 0. The summed E-state index contributed by atoms with van der Waals surface area (Å²) in [6.07, 6.45) is 1.01. The fourth-order valence-corrected chi connectivity index (χ4v) is 2.46. The zero-order valence-electron chi connectivity index (χ0n) is 12.0. The zero-order valence-corrected chi connectivity index (χ0v) is 12.0. The number of anilines is 2. The molecule has 2 aromatic rings. The molecule has 0 saturated heterocycles. The number of aryl methyl sites for hydroxylation is 1. The first-order chi connectivity index (χ1) is 10.2. The monoisotopic (exact) mass is 282 g/mol. The van der Waals surface area contributed by atoms with Gasteiger partial charge in [-0.25, -0.2) is 0 Å². The Morgan fingerprint density at radius 3 is 2.57 bits per heavy atom. The molecule has 1 heterocycles. The molecule has 0 bridgehead atoms. The number of fused-ring (bicyclic) bond motifs is 1. The highest BCUT2D eigenvalue weighted by Crippen LogP contribution is 2.34. The Kier molecular flexibility index (Phi) is 3.52. The van der Waals surface area contributed by atoms with E-state index in [0.29, 0.717) is 18.0 Å². The normalized spacial score (nSPS) is 13.8. The first kappa shape index (κ1) is 13.5. The van der Waals surface area contributed by atoms with E-state index in [1.54, 1.807) is 17.0 Å². The molecule has 0 fully saturated rings. The number of ether oxygens (including phenoxy) is 1. The molecule has 0 radical (unpaired) electrons. The van der Waals surface area contributed by atoms with Crippen molar-refractivity contribution in [2.45, 2.75) is 19.9 Å². The molecule has 0 unspecified atom stereocenters. The van der Waals surface area contributed by atoms with Gasteiger partial charge in [0, 0.05) is 11.8 Å². The lowest BCUT2D eigenvalue weighted by Crippen LogP contribution is -2.38. The SMILES string of the molecule is CCc1ccc(CN2C(=O)COc3cc(N)ccc32)cc1. The summed E-state index contributed by atoms with van der Waals surface area (Å²) in [6, 6.07) is 13.7. The minimum absolute atomic E-state index is 0.0353. The van der Waals surface area contributed by atoms with E-state index in [1.165, 1.54) is 5.56 Å². The van der Waals surface area contributed by atoms with Gasteiger partial charge >= 0.3 is 0 Å². The average molecular weight is 282 g/mol. The number of nitrogens with two attached hydrogens (primary N) is 1. The number of nitrogens with zero attached hydrogens (tertiary/aromatic N) is 1. The van der Waals surface area contributed by atoms with Gasteiger partial charge in [-0.15, -0.1) is 0 Å². The van der Waals surface area contributed by atoms with Gasteiger partial charge in [-0.1, -0.05) is 31.2 Å². The third-order valence-corrected chi connectivity index (χ3v) is 3.70. The maximum atomic E-state index is 12.1. The van der Waals surface area contributed by atoms with Crippen LogP contribution < -0.4 is 15.4 Å². The molecule has 1 amide bonds. The van der Waals surface area contributed by atoms with Crippen LogP contribution in [-0.2, 0) is 17.8 Å². The van der Waals surface area contributed by atoms with Crippen LogP contribution >= 0.6 is 0 Å². The minimum Gasteiger partial charge on any atom is -0.481 e. The summed E-state index contributed by atoms with van der Waals surface area (Å²) in [5.41, 5.74) is 9.57. The molecule has 0 saturated carbocycles. The fourth-order valence-electron chi connectivity index (χ4n) is 2.46. The molecule has 4 nitrogen and oxygen atoms in total. The van der Waals surface area contributed by atoms with Crippen molar-refractivity contribution in [3.63, 3.8) is 0 Å². The summed E-state index contributed by atoms with van der Waals surface area (Å²) in [5.74, 6) is 0.631. The van der Waals surface area contributed by atoms with Crippen LogP contribution in [0.3, 0.4) is 0 Å². The number of carbonyl (C=O) groups excluding carboxylic acids is 1. The number of benzene rings is 2. The second-order valence-electron chi connectivity index (χ2n) is 5.17. The van der Waals surface area contributed by atoms with Crippen molar-refractivity contribution in [2.24, 2.45) is 0 Å². The van der Waals surface area contributed by atoms with Crippen molar-refractivity contribution < 1.29 is 9.53 Å². The standard InChI is InChI=1S/C17H18N2O2/c1-2-12-3-5-13(6-4-12)10-19-15-8-7-14(18)9-16(15)21-11-17(19)20/h3-9H,2,10-11,18H2,1H3. The molecule has 1 aliphatic heterocycles. The van der Waals surface area contributed by atoms with Crippen molar-refractivity contribution in [3.8, 4) is 5.75 Å². The third-order valence-electron chi connectivity index (χ3n) is 3.70. The molecular weight excluding hydrogens is 264 g/mol. The highest BCUT2D eigenvalue weighted by atomic mass is 16.5. The second-order valence-corrected chi connectivity index (χ2v) is 5.17. The third kappa shape index (κ3) is 2.70. The van der Waals surface area contributed by atoms with Crippen LogP contribution in [0.2, 0.25) is 0 Å². The summed E-state index contributed by atoms with van der Waals surface area (Å²) in [4.78, 5) is 13.9. The molecule has 0 spiro atoms. The molecule has 1 aliphatic rings. The van der Waals surface area contributed by atoms with E-state index < -0.39 is 0 Å². The van der Waals surface area contributed by atoms with E-state index >= 15 is 0 Å². The van der Waals surface area contributed by atoms with E-state index in [2.05, 4.69) is 31.2 Å². The summed E-state index contributed by atoms with van der Waals surface area (Å²) >= 11 is 0. The van der Waals surface area contributed by atoms with Gasteiger partial charge in [0.2, 0.25) is 0 Å². The molecule has 21 heavy (non-hydrogen) atoms. The molecule has 2 aromatic carbocycles. The van der Waals surface area contributed by atoms with Gasteiger partial charge in [0.15, 0.2) is 6.61 Å². The van der Waals surface area contributed by atoms with Gasteiger partial charge in [-0.2, -0.15) is 0 Å². The second kappa shape index (κ2) is 5.48. The molecule has 3 rings (SSSR count). The highest BCUT2D eigenvalue weighted by molar-refractivity contribution is 5.98. The van der Waals surface area contributed by atoms with Gasteiger partial charge in [-0.05, 0) is 29.7 Å². The Bertz CT molecular complexity index is 665. The predicted octanol–water partition coefficient (Wildman–Crippen LogP) is 2.76. The Labute approximate surface area is 124 Å². The van der Waals surface area contributed by atoms with E-state index in [9.17, 15) is 4.79 Å². The van der Waals surface area contributed by atoms with Gasteiger partial charge < -0.3 is 15.4 Å². The smallest absolute Gasteiger partial charge is 0.265 e. The van der Waals surface area contributed by atoms with Crippen molar-refractivity contribution in [1.29, 1.82) is 0 Å². The predicted molar refractivity (Wildman–Crippen MR) is 83.4 cm³/mol. The van der Waals surface area contributed by atoms with Crippen molar-refractivity contribution in [1.82, 2.24) is 0 Å². The van der Waals surface area contributed by atoms with Crippen LogP contribution in [0.1, 0.15) is 18.1 Å². The quantitative estimate of drug-likeness (QED) is 0.881. The zero-order chi connectivity index (χ0) is 14.8. The van der Waals surface area contributed by atoms with Crippen LogP contribution in [0.5, 0.6) is 5.75 Å². The van der Waals surface area contributed by atoms with Crippen LogP contribution in [-0.4, -0.2) is 12.5 Å². The number of amides is 1.